The summed E-state index contributed by atoms with van der Waals surface area (Å²) < 4.78 is 12.2. The number of nitrogen functional groups attached to an aromatic ring is 1. The van der Waals surface area contributed by atoms with Crippen LogP contribution in [-0.4, -0.2) is 36.9 Å². The number of nitrogens with one attached hydrogen (secondary N) is 1. The Kier molecular flexibility index (Phi) is 4.87. The first kappa shape index (κ1) is 17.3. The zero-order chi connectivity index (χ0) is 16.5. The highest BCUT2D eigenvalue weighted by Gasteiger charge is 2.52. The molecule has 0 unspecified atom stereocenters. The number of nitrogens with zero attached hydrogens (tertiary/aromatic N) is 1. The van der Waals surface area contributed by atoms with Crippen LogP contribution >= 0.6 is 11.6 Å². The number of likely N-dealkylation sites (N-methyl/N-ethyl adjacent to an activating group) is 1. The molecule has 22 heavy (non-hydrogen) atoms. The molecule has 7 heteroatoms. The summed E-state index contributed by atoms with van der Waals surface area (Å²) in [7, 11) is 1.46. The van der Waals surface area contributed by atoms with Crippen LogP contribution in [0.4, 0.5) is 5.69 Å². The Morgan fingerprint density at radius 3 is 2.41 bits per heavy atom. The first-order valence-corrected chi connectivity index (χ1v) is 7.67. The Morgan fingerprint density at radius 1 is 1.32 bits per heavy atom. The van der Waals surface area contributed by atoms with Crippen LogP contribution in [0.5, 0.6) is 0 Å². The zero-order valence-electron chi connectivity index (χ0n) is 13.7. The monoisotopic (exact) mass is 323 g/mol. The second-order valence-corrected chi connectivity index (χ2v) is 6.81. The van der Waals surface area contributed by atoms with Crippen molar-refractivity contribution in [1.29, 1.82) is 0 Å². The number of aromatic nitrogens is 1. The second kappa shape index (κ2) is 6.20. The number of hydrogen-bond acceptors (Lipinski definition) is 5. The summed E-state index contributed by atoms with van der Waals surface area (Å²) in [4.78, 5) is 4.26. The van der Waals surface area contributed by atoms with Crippen LogP contribution in [0.15, 0.2) is 17.6 Å². The normalized spacial score (nSPS) is 20.5. The molecule has 120 valence electrons. The van der Waals surface area contributed by atoms with E-state index in [1.165, 1.54) is 0 Å². The minimum Gasteiger partial charge on any atom is -0.400 e. The highest BCUT2D eigenvalue weighted by Crippen LogP contribution is 2.38. The fourth-order valence-electron chi connectivity index (χ4n) is 2.13. The van der Waals surface area contributed by atoms with E-state index in [0.29, 0.717) is 17.4 Å². The van der Waals surface area contributed by atoms with E-state index in [2.05, 4.69) is 10.3 Å². The molecule has 1 aliphatic rings. The summed E-state index contributed by atoms with van der Waals surface area (Å²) in [5, 5.41) is 3.43. The summed E-state index contributed by atoms with van der Waals surface area (Å²) in [5.74, 6) is 0. The number of nitrogens with two attached hydrogens (primary N) is 1. The van der Waals surface area contributed by atoms with Crippen molar-refractivity contribution in [2.45, 2.75) is 38.9 Å². The van der Waals surface area contributed by atoms with Crippen molar-refractivity contribution in [2.75, 3.05) is 19.3 Å². The van der Waals surface area contributed by atoms with E-state index in [0.717, 1.165) is 11.2 Å². The third-order valence-electron chi connectivity index (χ3n) is 4.17. The van der Waals surface area contributed by atoms with Crippen molar-refractivity contribution in [2.24, 2.45) is 0 Å². The number of hydrogen-bond donors (Lipinski definition) is 2. The van der Waals surface area contributed by atoms with Crippen molar-refractivity contribution in [3.8, 4) is 0 Å². The molecule has 0 bridgehead atoms. The molecule has 0 saturated carbocycles. The Morgan fingerprint density at radius 2 is 1.91 bits per heavy atom. The van der Waals surface area contributed by atoms with Crippen LogP contribution in [0.3, 0.4) is 0 Å². The Bertz CT molecular complexity index is 574. The van der Waals surface area contributed by atoms with Crippen molar-refractivity contribution in [1.82, 2.24) is 10.3 Å². The molecule has 1 aromatic rings. The smallest absolute Gasteiger partial charge is 0.400 e. The first-order valence-electron chi connectivity index (χ1n) is 7.29. The van der Waals surface area contributed by atoms with Gasteiger partial charge in [0.2, 0.25) is 0 Å². The van der Waals surface area contributed by atoms with Crippen LogP contribution in [-0.2, 0) is 9.31 Å². The van der Waals surface area contributed by atoms with Gasteiger partial charge in [-0.15, -0.1) is 0 Å². The van der Waals surface area contributed by atoms with Gasteiger partial charge in [-0.25, -0.2) is 4.98 Å². The van der Waals surface area contributed by atoms with E-state index in [-0.39, 0.29) is 11.2 Å². The molecule has 2 heterocycles. The molecule has 0 aromatic carbocycles. The quantitative estimate of drug-likeness (QED) is 0.658. The van der Waals surface area contributed by atoms with Gasteiger partial charge in [0.15, 0.2) is 5.15 Å². The Balaban J connectivity index is 2.31. The first-order chi connectivity index (χ1) is 10.2. The lowest BCUT2D eigenvalue weighted by molar-refractivity contribution is 0.00578. The van der Waals surface area contributed by atoms with Gasteiger partial charge in [-0.3, -0.25) is 0 Å². The van der Waals surface area contributed by atoms with E-state index >= 15 is 0 Å². The summed E-state index contributed by atoms with van der Waals surface area (Å²) in [6, 6.07) is 3.56. The van der Waals surface area contributed by atoms with Crippen LogP contribution < -0.4 is 11.1 Å². The predicted molar refractivity (Wildman–Crippen MR) is 91.6 cm³/mol. The van der Waals surface area contributed by atoms with Gasteiger partial charge >= 0.3 is 7.12 Å². The standard InChI is InChI=1S/C15H23BClN3O2/c1-14(2)15(3,4)22-16(21-14)10(9-19-5)8-11-6-7-12(18)13(17)20-11/h6-8,19H,9,18H2,1-5H3. The van der Waals surface area contributed by atoms with Gasteiger partial charge < -0.3 is 20.4 Å². The molecule has 0 spiro atoms. The fraction of sp³-hybridized carbons (Fsp3) is 0.533. The predicted octanol–water partition coefficient (Wildman–Crippen LogP) is 2.55. The van der Waals surface area contributed by atoms with Gasteiger partial charge in [0, 0.05) is 6.54 Å². The Hall–Kier alpha value is -1.08. The molecular formula is C15H23BClN3O2. The van der Waals surface area contributed by atoms with Crippen molar-refractivity contribution >= 4 is 30.5 Å². The third kappa shape index (κ3) is 3.46. The highest BCUT2D eigenvalue weighted by molar-refractivity contribution is 6.55. The maximum absolute atomic E-state index is 6.09. The average molecular weight is 324 g/mol. The molecule has 0 atom stereocenters. The molecule has 1 fully saturated rings. The van der Waals surface area contributed by atoms with Gasteiger partial charge in [0.25, 0.3) is 0 Å². The second-order valence-electron chi connectivity index (χ2n) is 6.45. The molecule has 0 amide bonds. The topological polar surface area (TPSA) is 69.4 Å². The molecular weight excluding hydrogens is 300 g/mol. The van der Waals surface area contributed by atoms with Gasteiger partial charge in [0.05, 0.1) is 22.6 Å². The molecule has 3 N–H and O–H groups in total. The zero-order valence-corrected chi connectivity index (χ0v) is 14.5. The summed E-state index contributed by atoms with van der Waals surface area (Å²) in [5.41, 5.74) is 7.08. The number of pyridine rings is 1. The summed E-state index contributed by atoms with van der Waals surface area (Å²) >= 11 is 5.98. The minimum atomic E-state index is -0.421. The minimum absolute atomic E-state index is 0.298. The van der Waals surface area contributed by atoms with E-state index < -0.39 is 7.12 Å². The lowest BCUT2D eigenvalue weighted by atomic mass is 9.77. The molecule has 1 saturated heterocycles. The van der Waals surface area contributed by atoms with Crippen LogP contribution in [0.25, 0.3) is 6.08 Å². The molecule has 0 radical (unpaired) electrons. The van der Waals surface area contributed by atoms with E-state index in [1.54, 1.807) is 6.07 Å². The molecule has 0 aliphatic carbocycles. The van der Waals surface area contributed by atoms with Crippen LogP contribution in [0, 0.1) is 0 Å². The van der Waals surface area contributed by atoms with E-state index in [9.17, 15) is 0 Å². The van der Waals surface area contributed by atoms with Gasteiger partial charge in [-0.1, -0.05) is 11.6 Å². The Labute approximate surface area is 137 Å². The van der Waals surface area contributed by atoms with Crippen molar-refractivity contribution in [3.63, 3.8) is 0 Å². The SMILES string of the molecule is CNCC(=Cc1ccc(N)c(Cl)n1)B1OC(C)(C)C(C)(C)O1. The molecule has 2 rings (SSSR count). The molecule has 5 nitrogen and oxygen atoms in total. The fourth-order valence-corrected chi connectivity index (χ4v) is 2.29. The van der Waals surface area contributed by atoms with Crippen molar-refractivity contribution in [3.05, 3.63) is 28.5 Å². The maximum Gasteiger partial charge on any atom is 0.491 e. The summed E-state index contributed by atoms with van der Waals surface area (Å²) in [6.07, 6.45) is 1.92. The number of rotatable bonds is 4. The van der Waals surface area contributed by atoms with Crippen LogP contribution in [0.2, 0.25) is 5.15 Å². The van der Waals surface area contributed by atoms with E-state index in [4.69, 9.17) is 26.6 Å². The summed E-state index contributed by atoms with van der Waals surface area (Å²) in [6.45, 7) is 8.75. The third-order valence-corrected chi connectivity index (χ3v) is 4.47. The van der Waals surface area contributed by atoms with Crippen LogP contribution in [0.1, 0.15) is 33.4 Å². The van der Waals surface area contributed by atoms with Crippen molar-refractivity contribution < 1.29 is 9.31 Å². The maximum atomic E-state index is 6.09. The molecule has 1 aromatic heterocycles. The van der Waals surface area contributed by atoms with Gasteiger partial charge in [-0.2, -0.15) is 0 Å². The lowest BCUT2D eigenvalue weighted by Crippen LogP contribution is -2.41. The molecule has 1 aliphatic heterocycles. The largest absolute Gasteiger partial charge is 0.491 e. The highest BCUT2D eigenvalue weighted by atomic mass is 35.5. The number of anilines is 1. The lowest BCUT2D eigenvalue weighted by Gasteiger charge is -2.32. The van der Waals surface area contributed by atoms with Gasteiger partial charge in [-0.05, 0) is 58.4 Å². The number of halogens is 1. The van der Waals surface area contributed by atoms with Gasteiger partial charge in [0.1, 0.15) is 0 Å². The van der Waals surface area contributed by atoms with E-state index in [1.807, 2.05) is 46.9 Å². The average Bonchev–Trinajstić information content (AvgIpc) is 2.62.